The Morgan fingerprint density at radius 2 is 1.62 bits per heavy atom. The maximum Gasteiger partial charge on any atom is 0.234 e. The summed E-state index contributed by atoms with van der Waals surface area (Å²) in [6, 6.07) is 24.7. The topological polar surface area (TPSA) is 78.3 Å². The van der Waals surface area contributed by atoms with Gasteiger partial charge in [-0.15, -0.1) is 10.2 Å². The summed E-state index contributed by atoms with van der Waals surface area (Å²) < 4.78 is 12.6. The molecule has 0 atom stereocenters. The van der Waals surface area contributed by atoms with Gasteiger partial charge in [0.2, 0.25) is 5.91 Å². The van der Waals surface area contributed by atoms with Crippen molar-refractivity contribution in [1.82, 2.24) is 14.8 Å². The maximum atomic E-state index is 12.5. The molecule has 0 spiro atoms. The monoisotopic (exact) mass is 446 g/mol. The normalized spacial score (nSPS) is 10.6. The molecule has 7 nitrogen and oxygen atoms in total. The average molecular weight is 447 g/mol. The molecule has 1 aromatic heterocycles. The van der Waals surface area contributed by atoms with Crippen molar-refractivity contribution < 1.29 is 14.3 Å². The fraction of sp³-hybridized carbons (Fsp3) is 0.125. The van der Waals surface area contributed by atoms with Crippen LogP contribution in [-0.2, 0) is 4.79 Å². The molecule has 3 aromatic carbocycles. The van der Waals surface area contributed by atoms with E-state index >= 15 is 0 Å². The van der Waals surface area contributed by atoms with Gasteiger partial charge < -0.3 is 14.8 Å². The fourth-order valence-electron chi connectivity index (χ4n) is 3.18. The van der Waals surface area contributed by atoms with E-state index < -0.39 is 0 Å². The van der Waals surface area contributed by atoms with Crippen LogP contribution in [0.1, 0.15) is 0 Å². The number of carbonyl (C=O) groups is 1. The first-order chi connectivity index (χ1) is 15.7. The van der Waals surface area contributed by atoms with Crippen LogP contribution in [-0.4, -0.2) is 40.6 Å². The summed E-state index contributed by atoms with van der Waals surface area (Å²) in [5.74, 6) is 2.12. The average Bonchev–Trinajstić information content (AvgIpc) is 3.27. The largest absolute Gasteiger partial charge is 0.497 e. The molecule has 0 radical (unpaired) electrons. The lowest BCUT2D eigenvalue weighted by atomic mass is 10.2. The Balaban J connectivity index is 1.58. The number of nitrogens with zero attached hydrogens (tertiary/aromatic N) is 3. The first kappa shape index (κ1) is 21.5. The van der Waals surface area contributed by atoms with Crippen molar-refractivity contribution >= 4 is 23.4 Å². The Labute approximate surface area is 190 Å². The molecule has 0 unspecified atom stereocenters. The number of carbonyl (C=O) groups excluding carboxylic acids is 1. The summed E-state index contributed by atoms with van der Waals surface area (Å²) in [7, 11) is 3.23. The fourth-order valence-corrected chi connectivity index (χ4v) is 3.93. The SMILES string of the molecule is COc1ccc(NC(=O)CSc2nnc(-c3ccccc3OC)n2-c2ccccc2)cc1. The summed E-state index contributed by atoms with van der Waals surface area (Å²) in [5, 5.41) is 12.3. The number of para-hydroxylation sites is 2. The van der Waals surface area contributed by atoms with E-state index in [0.717, 1.165) is 17.0 Å². The number of hydrogen-bond acceptors (Lipinski definition) is 6. The summed E-state index contributed by atoms with van der Waals surface area (Å²) in [6.45, 7) is 0. The van der Waals surface area contributed by atoms with E-state index in [-0.39, 0.29) is 11.7 Å². The Morgan fingerprint density at radius 1 is 0.906 bits per heavy atom. The molecule has 0 aliphatic rings. The second-order valence-electron chi connectivity index (χ2n) is 6.74. The molecule has 0 aliphatic carbocycles. The molecule has 0 saturated heterocycles. The molecule has 1 N–H and O–H groups in total. The van der Waals surface area contributed by atoms with E-state index in [4.69, 9.17) is 9.47 Å². The summed E-state index contributed by atoms with van der Waals surface area (Å²) in [4.78, 5) is 12.5. The highest BCUT2D eigenvalue weighted by atomic mass is 32.2. The minimum Gasteiger partial charge on any atom is -0.497 e. The standard InChI is InChI=1S/C24H22N4O3S/c1-30-19-14-12-17(13-15-19)25-22(29)16-32-24-27-26-23(20-10-6-7-11-21(20)31-2)28(24)18-8-4-3-5-9-18/h3-15H,16H2,1-2H3,(H,25,29). The second kappa shape index (κ2) is 10.0. The highest BCUT2D eigenvalue weighted by Gasteiger charge is 2.19. The molecular formula is C24H22N4O3S. The summed E-state index contributed by atoms with van der Waals surface area (Å²) in [6.07, 6.45) is 0. The molecular weight excluding hydrogens is 424 g/mol. The van der Waals surface area contributed by atoms with Crippen LogP contribution >= 0.6 is 11.8 Å². The second-order valence-corrected chi connectivity index (χ2v) is 7.69. The Bertz CT molecular complexity index is 1190. The number of anilines is 1. The van der Waals surface area contributed by atoms with E-state index in [1.54, 1.807) is 38.5 Å². The minimum atomic E-state index is -0.137. The van der Waals surface area contributed by atoms with Gasteiger partial charge in [-0.3, -0.25) is 9.36 Å². The van der Waals surface area contributed by atoms with Crippen LogP contribution in [0.2, 0.25) is 0 Å². The van der Waals surface area contributed by atoms with Crippen molar-refractivity contribution in [3.05, 3.63) is 78.9 Å². The Morgan fingerprint density at radius 3 is 2.34 bits per heavy atom. The number of hydrogen-bond donors (Lipinski definition) is 1. The van der Waals surface area contributed by atoms with Gasteiger partial charge in [-0.2, -0.15) is 0 Å². The lowest BCUT2D eigenvalue weighted by Crippen LogP contribution is -2.14. The quantitative estimate of drug-likeness (QED) is 0.396. The van der Waals surface area contributed by atoms with Crippen molar-refractivity contribution in [1.29, 1.82) is 0 Å². The third-order valence-corrected chi connectivity index (χ3v) is 5.63. The number of aromatic nitrogens is 3. The van der Waals surface area contributed by atoms with E-state index in [9.17, 15) is 4.79 Å². The van der Waals surface area contributed by atoms with Crippen molar-refractivity contribution in [2.45, 2.75) is 5.16 Å². The highest BCUT2D eigenvalue weighted by Crippen LogP contribution is 2.33. The molecule has 0 bridgehead atoms. The van der Waals surface area contributed by atoms with Crippen LogP contribution in [0.5, 0.6) is 11.5 Å². The van der Waals surface area contributed by atoms with Gasteiger partial charge in [0.05, 0.1) is 25.5 Å². The number of rotatable bonds is 8. The van der Waals surface area contributed by atoms with Gasteiger partial charge in [0, 0.05) is 11.4 Å². The van der Waals surface area contributed by atoms with Gasteiger partial charge >= 0.3 is 0 Å². The van der Waals surface area contributed by atoms with Gasteiger partial charge in [-0.05, 0) is 48.5 Å². The maximum absolute atomic E-state index is 12.5. The van der Waals surface area contributed by atoms with E-state index in [1.165, 1.54) is 11.8 Å². The van der Waals surface area contributed by atoms with Crippen molar-refractivity contribution in [3.8, 4) is 28.6 Å². The third-order valence-electron chi connectivity index (χ3n) is 4.70. The molecule has 4 rings (SSSR count). The van der Waals surface area contributed by atoms with Gasteiger partial charge in [-0.1, -0.05) is 42.1 Å². The first-order valence-corrected chi connectivity index (χ1v) is 10.9. The molecule has 32 heavy (non-hydrogen) atoms. The lowest BCUT2D eigenvalue weighted by molar-refractivity contribution is -0.113. The predicted molar refractivity (Wildman–Crippen MR) is 126 cm³/mol. The highest BCUT2D eigenvalue weighted by molar-refractivity contribution is 7.99. The molecule has 0 saturated carbocycles. The summed E-state index contributed by atoms with van der Waals surface area (Å²) >= 11 is 1.32. The number of amides is 1. The van der Waals surface area contributed by atoms with Crippen LogP contribution in [0.4, 0.5) is 5.69 Å². The molecule has 8 heteroatoms. The lowest BCUT2D eigenvalue weighted by Gasteiger charge is -2.12. The molecule has 1 heterocycles. The van der Waals surface area contributed by atoms with Gasteiger partial charge in [0.15, 0.2) is 11.0 Å². The van der Waals surface area contributed by atoms with Crippen molar-refractivity contribution in [3.63, 3.8) is 0 Å². The van der Waals surface area contributed by atoms with E-state index in [1.807, 2.05) is 59.2 Å². The van der Waals surface area contributed by atoms with Crippen LogP contribution < -0.4 is 14.8 Å². The Hall–Kier alpha value is -3.78. The van der Waals surface area contributed by atoms with Gasteiger partial charge in [-0.25, -0.2) is 0 Å². The van der Waals surface area contributed by atoms with Crippen molar-refractivity contribution in [2.24, 2.45) is 0 Å². The summed E-state index contributed by atoms with van der Waals surface area (Å²) in [5.41, 5.74) is 2.42. The van der Waals surface area contributed by atoms with Crippen LogP contribution in [0, 0.1) is 0 Å². The first-order valence-electron chi connectivity index (χ1n) is 9.90. The van der Waals surface area contributed by atoms with Crippen LogP contribution in [0.3, 0.4) is 0 Å². The zero-order valence-electron chi connectivity index (χ0n) is 17.7. The number of benzene rings is 3. The number of ether oxygens (including phenoxy) is 2. The van der Waals surface area contributed by atoms with Crippen molar-refractivity contribution in [2.75, 3.05) is 25.3 Å². The van der Waals surface area contributed by atoms with Crippen LogP contribution in [0.15, 0.2) is 84.0 Å². The Kier molecular flexibility index (Phi) is 6.72. The van der Waals surface area contributed by atoms with Crippen LogP contribution in [0.25, 0.3) is 17.1 Å². The smallest absolute Gasteiger partial charge is 0.234 e. The predicted octanol–water partition coefficient (Wildman–Crippen LogP) is 4.68. The molecule has 1 amide bonds. The molecule has 162 valence electrons. The van der Waals surface area contributed by atoms with Gasteiger partial charge in [0.25, 0.3) is 0 Å². The molecule has 0 fully saturated rings. The number of nitrogens with one attached hydrogen (secondary N) is 1. The zero-order valence-corrected chi connectivity index (χ0v) is 18.5. The number of methoxy groups -OCH3 is 2. The van der Waals surface area contributed by atoms with Gasteiger partial charge in [0.1, 0.15) is 11.5 Å². The molecule has 4 aromatic rings. The number of thioether (sulfide) groups is 1. The zero-order chi connectivity index (χ0) is 22.3. The van der Waals surface area contributed by atoms with E-state index in [2.05, 4.69) is 15.5 Å². The third kappa shape index (κ3) is 4.76. The van der Waals surface area contributed by atoms with E-state index in [0.29, 0.717) is 22.4 Å². The minimum absolute atomic E-state index is 0.137. The molecule has 0 aliphatic heterocycles.